The summed E-state index contributed by atoms with van der Waals surface area (Å²) in [7, 11) is 2.43. The van der Waals surface area contributed by atoms with E-state index in [1.54, 1.807) is 41.3 Å². The second-order valence-corrected chi connectivity index (χ2v) is 10.2. The fourth-order valence-corrected chi connectivity index (χ4v) is 5.93. The molecule has 0 radical (unpaired) electrons. The van der Waals surface area contributed by atoms with Crippen LogP contribution in [0.5, 0.6) is 0 Å². The van der Waals surface area contributed by atoms with Gasteiger partial charge < -0.3 is 25.0 Å². The molecule has 1 unspecified atom stereocenters. The fraction of sp³-hybridized carbons (Fsp3) is 0.355. The number of esters is 2. The van der Waals surface area contributed by atoms with Gasteiger partial charge in [-0.05, 0) is 49.4 Å². The molecule has 3 heterocycles. The molecule has 2 N–H and O–H groups in total. The van der Waals surface area contributed by atoms with Crippen molar-refractivity contribution < 1.29 is 23.9 Å². The molecule has 0 saturated carbocycles. The van der Waals surface area contributed by atoms with Gasteiger partial charge >= 0.3 is 11.9 Å². The molecule has 2 aromatic rings. The summed E-state index contributed by atoms with van der Waals surface area (Å²) in [6.07, 6.45) is 3.84. The number of carbonyl (C=O) groups is 3. The van der Waals surface area contributed by atoms with Crippen molar-refractivity contribution in [3.05, 3.63) is 82.3 Å². The van der Waals surface area contributed by atoms with Crippen molar-refractivity contribution >= 4 is 29.2 Å². The van der Waals surface area contributed by atoms with E-state index in [-0.39, 0.29) is 28.6 Å². The Kier molecular flexibility index (Phi) is 7.97. The molecule has 0 aliphatic carbocycles. The van der Waals surface area contributed by atoms with Gasteiger partial charge in [0.1, 0.15) is 11.5 Å². The summed E-state index contributed by atoms with van der Waals surface area (Å²) in [6.45, 7) is 2.88. The average Bonchev–Trinajstić information content (AvgIpc) is 3.75. The molecular formula is C31H33N5O5. The second kappa shape index (κ2) is 11.8. The lowest BCUT2D eigenvalue weighted by atomic mass is 9.81. The molecule has 3 aliphatic rings. The number of allylic oxidation sites excluding steroid dienone is 1. The molecule has 0 bridgehead atoms. The molecule has 0 aromatic heterocycles. The standard InChI is InChI=1S/C31H33N5O5/c1-40-30(38)26-25(20-10-4-3-5-11-20)22(19-32)28(33)36(27(26)31(39)41-2)24-18-21(29(37)35-16-8-9-17-35)12-13-23(24)34-14-6-7-15-34/h3-5,10-13,18,25H,6-9,14-17,33H2,1-2H3. The van der Waals surface area contributed by atoms with Crippen LogP contribution in [0.1, 0.15) is 47.5 Å². The Morgan fingerprint density at radius 2 is 1.51 bits per heavy atom. The lowest BCUT2D eigenvalue weighted by molar-refractivity contribution is -0.139. The predicted octanol–water partition coefficient (Wildman–Crippen LogP) is 3.42. The number of hydrogen-bond acceptors (Lipinski definition) is 9. The maximum absolute atomic E-state index is 13.6. The molecule has 10 nitrogen and oxygen atoms in total. The Morgan fingerprint density at radius 3 is 2.12 bits per heavy atom. The summed E-state index contributed by atoms with van der Waals surface area (Å²) in [5.74, 6) is -2.74. The smallest absolute Gasteiger partial charge is 0.355 e. The quantitative estimate of drug-likeness (QED) is 0.533. The van der Waals surface area contributed by atoms with Gasteiger partial charge in [-0.3, -0.25) is 9.69 Å². The molecule has 0 spiro atoms. The van der Waals surface area contributed by atoms with E-state index in [1.807, 2.05) is 12.1 Å². The highest BCUT2D eigenvalue weighted by molar-refractivity contribution is 6.07. The zero-order chi connectivity index (χ0) is 29.1. The number of nitrogens with two attached hydrogens (primary N) is 1. The summed E-state index contributed by atoms with van der Waals surface area (Å²) in [5, 5.41) is 10.4. The van der Waals surface area contributed by atoms with Crippen LogP contribution in [-0.2, 0) is 19.1 Å². The topological polar surface area (TPSA) is 129 Å². The number of amides is 1. The predicted molar refractivity (Wildman–Crippen MR) is 153 cm³/mol. The molecular weight excluding hydrogens is 522 g/mol. The van der Waals surface area contributed by atoms with Crippen LogP contribution in [0.3, 0.4) is 0 Å². The van der Waals surface area contributed by atoms with Gasteiger partial charge in [-0.25, -0.2) is 9.59 Å². The molecule has 3 aliphatic heterocycles. The Balaban J connectivity index is 1.80. The van der Waals surface area contributed by atoms with Gasteiger partial charge in [-0.2, -0.15) is 5.26 Å². The SMILES string of the molecule is COC(=O)C1=C(C(=O)OC)N(c2cc(C(=O)N3CCCC3)ccc2N2CCCC2)C(N)=C(C#N)C1c1ccccc1. The van der Waals surface area contributed by atoms with E-state index in [1.165, 1.54) is 19.1 Å². The normalized spacial score (nSPS) is 19.0. The van der Waals surface area contributed by atoms with Crippen molar-refractivity contribution in [1.29, 1.82) is 5.26 Å². The number of anilines is 2. The third-order valence-corrected chi connectivity index (χ3v) is 7.91. The molecule has 2 saturated heterocycles. The highest BCUT2D eigenvalue weighted by Gasteiger charge is 2.44. The maximum atomic E-state index is 13.6. The molecule has 10 heteroatoms. The monoisotopic (exact) mass is 555 g/mol. The first-order chi connectivity index (χ1) is 19.9. The van der Waals surface area contributed by atoms with E-state index in [0.717, 1.165) is 44.5 Å². The van der Waals surface area contributed by atoms with Crippen molar-refractivity contribution in [2.24, 2.45) is 5.73 Å². The Morgan fingerprint density at radius 1 is 0.878 bits per heavy atom. The summed E-state index contributed by atoms with van der Waals surface area (Å²) < 4.78 is 10.4. The molecule has 1 atom stereocenters. The van der Waals surface area contributed by atoms with Gasteiger partial charge in [-0.15, -0.1) is 0 Å². The molecule has 212 valence electrons. The van der Waals surface area contributed by atoms with Gasteiger partial charge in [0.05, 0.1) is 48.7 Å². The van der Waals surface area contributed by atoms with Crippen LogP contribution in [0.25, 0.3) is 0 Å². The van der Waals surface area contributed by atoms with Crippen LogP contribution in [0.15, 0.2) is 71.2 Å². The van der Waals surface area contributed by atoms with E-state index < -0.39 is 17.9 Å². The largest absolute Gasteiger partial charge is 0.466 e. The van der Waals surface area contributed by atoms with Crippen molar-refractivity contribution in [2.45, 2.75) is 31.6 Å². The van der Waals surface area contributed by atoms with E-state index in [2.05, 4.69) is 11.0 Å². The average molecular weight is 556 g/mol. The highest BCUT2D eigenvalue weighted by atomic mass is 16.5. The van der Waals surface area contributed by atoms with Gasteiger partial charge in [0.25, 0.3) is 5.91 Å². The van der Waals surface area contributed by atoms with Crippen LogP contribution < -0.4 is 15.5 Å². The number of methoxy groups -OCH3 is 2. The van der Waals surface area contributed by atoms with Gasteiger partial charge in [0.15, 0.2) is 0 Å². The first kappa shape index (κ1) is 27.8. The lowest BCUT2D eigenvalue weighted by Gasteiger charge is -2.38. The zero-order valence-corrected chi connectivity index (χ0v) is 23.3. The number of rotatable bonds is 6. The number of nitrogens with zero attached hydrogens (tertiary/aromatic N) is 4. The minimum absolute atomic E-state index is 0.0272. The van der Waals surface area contributed by atoms with Crippen LogP contribution in [0.2, 0.25) is 0 Å². The maximum Gasteiger partial charge on any atom is 0.355 e. The molecule has 1 amide bonds. The van der Waals surface area contributed by atoms with Gasteiger partial charge in [-0.1, -0.05) is 30.3 Å². The van der Waals surface area contributed by atoms with Gasteiger partial charge in [0.2, 0.25) is 0 Å². The Bertz CT molecular complexity index is 1460. The molecule has 5 rings (SSSR count). The minimum Gasteiger partial charge on any atom is -0.466 e. The summed E-state index contributed by atoms with van der Waals surface area (Å²) in [5.41, 5.74) is 8.77. The van der Waals surface area contributed by atoms with E-state index in [4.69, 9.17) is 15.2 Å². The van der Waals surface area contributed by atoms with Crippen LogP contribution in [0, 0.1) is 11.3 Å². The van der Waals surface area contributed by atoms with E-state index >= 15 is 0 Å². The van der Waals surface area contributed by atoms with Crippen molar-refractivity contribution in [3.8, 4) is 6.07 Å². The van der Waals surface area contributed by atoms with Crippen molar-refractivity contribution in [3.63, 3.8) is 0 Å². The van der Waals surface area contributed by atoms with E-state index in [9.17, 15) is 19.6 Å². The first-order valence-electron chi connectivity index (χ1n) is 13.7. The second-order valence-electron chi connectivity index (χ2n) is 10.2. The van der Waals surface area contributed by atoms with Crippen LogP contribution >= 0.6 is 0 Å². The highest BCUT2D eigenvalue weighted by Crippen LogP contribution is 2.46. The van der Waals surface area contributed by atoms with Crippen molar-refractivity contribution in [2.75, 3.05) is 50.2 Å². The third kappa shape index (κ3) is 4.99. The third-order valence-electron chi connectivity index (χ3n) is 7.91. The molecule has 2 aromatic carbocycles. The molecule has 41 heavy (non-hydrogen) atoms. The Labute approximate surface area is 239 Å². The first-order valence-corrected chi connectivity index (χ1v) is 13.7. The lowest BCUT2D eigenvalue weighted by Crippen LogP contribution is -2.41. The molecule has 2 fully saturated rings. The number of carbonyl (C=O) groups excluding carboxylic acids is 3. The van der Waals surface area contributed by atoms with Gasteiger partial charge in [0, 0.05) is 31.7 Å². The number of likely N-dealkylation sites (tertiary alicyclic amines) is 1. The number of nitriles is 1. The van der Waals surface area contributed by atoms with Crippen LogP contribution in [-0.4, -0.2) is 63.1 Å². The zero-order valence-electron chi connectivity index (χ0n) is 23.3. The number of benzene rings is 2. The number of hydrogen-bond donors (Lipinski definition) is 1. The van der Waals surface area contributed by atoms with E-state index in [0.29, 0.717) is 29.9 Å². The summed E-state index contributed by atoms with van der Waals surface area (Å²) >= 11 is 0. The minimum atomic E-state index is -0.969. The van der Waals surface area contributed by atoms with Crippen LogP contribution in [0.4, 0.5) is 11.4 Å². The summed E-state index contributed by atoms with van der Waals surface area (Å²) in [6, 6.07) is 16.4. The fourth-order valence-electron chi connectivity index (χ4n) is 5.93. The number of ether oxygens (including phenoxy) is 2. The van der Waals surface area contributed by atoms with Crippen molar-refractivity contribution in [1.82, 2.24) is 4.90 Å². The Hall–Kier alpha value is -4.78. The summed E-state index contributed by atoms with van der Waals surface area (Å²) in [4.78, 5) is 45.8.